The number of carbonyl (C=O) groups is 1. The molecule has 0 saturated heterocycles. The molecule has 5 heteroatoms. The molecule has 0 aromatic heterocycles. The van der Waals surface area contributed by atoms with Gasteiger partial charge in [0.15, 0.2) is 0 Å². The molecule has 1 N–H and O–H groups in total. The van der Waals surface area contributed by atoms with Crippen molar-refractivity contribution >= 4 is 14.3 Å². The lowest BCUT2D eigenvalue weighted by Crippen LogP contribution is -2.45. The van der Waals surface area contributed by atoms with E-state index in [0.717, 1.165) is 11.3 Å². The molecule has 1 aromatic carbocycles. The number of benzene rings is 1. The van der Waals surface area contributed by atoms with E-state index in [1.807, 2.05) is 24.3 Å². The summed E-state index contributed by atoms with van der Waals surface area (Å²) in [5.74, 6) is 0.397. The summed E-state index contributed by atoms with van der Waals surface area (Å²) >= 11 is 0. The van der Waals surface area contributed by atoms with Crippen LogP contribution in [0.15, 0.2) is 24.3 Å². The molecule has 4 nitrogen and oxygen atoms in total. The molecule has 0 bridgehead atoms. The summed E-state index contributed by atoms with van der Waals surface area (Å²) in [4.78, 5) is 11.5. The van der Waals surface area contributed by atoms with Gasteiger partial charge in [-0.3, -0.25) is 4.79 Å². The Kier molecular flexibility index (Phi) is 4.66. The van der Waals surface area contributed by atoms with Crippen LogP contribution in [0.1, 0.15) is 39.2 Å². The average molecular weight is 337 g/mol. The van der Waals surface area contributed by atoms with Gasteiger partial charge in [-0.15, -0.1) is 0 Å². The molecule has 1 aliphatic rings. The monoisotopic (exact) mass is 336 g/mol. The van der Waals surface area contributed by atoms with Crippen LogP contribution in [-0.2, 0) is 15.1 Å². The van der Waals surface area contributed by atoms with Gasteiger partial charge in [0.25, 0.3) is 0 Å². The van der Waals surface area contributed by atoms with Crippen molar-refractivity contribution in [3.8, 4) is 5.75 Å². The average Bonchev–Trinajstić information content (AvgIpc) is 2.42. The number of esters is 1. The Balaban J connectivity index is 2.05. The maximum atomic E-state index is 11.5. The Morgan fingerprint density at radius 1 is 1.22 bits per heavy atom. The lowest BCUT2D eigenvalue weighted by atomic mass is 9.67. The van der Waals surface area contributed by atoms with Crippen LogP contribution >= 0.6 is 0 Å². The smallest absolute Gasteiger partial charge is 0.308 e. The first-order valence-electron chi connectivity index (χ1n) is 8.08. The summed E-state index contributed by atoms with van der Waals surface area (Å²) < 4.78 is 11.0. The van der Waals surface area contributed by atoms with Gasteiger partial charge >= 0.3 is 5.97 Å². The van der Waals surface area contributed by atoms with E-state index in [1.165, 1.54) is 7.11 Å². The number of hydrogen-bond donors (Lipinski definition) is 1. The van der Waals surface area contributed by atoms with E-state index < -0.39 is 13.9 Å². The van der Waals surface area contributed by atoms with Gasteiger partial charge in [0.05, 0.1) is 18.6 Å². The zero-order valence-corrected chi connectivity index (χ0v) is 16.0. The first-order chi connectivity index (χ1) is 10.5. The second-order valence-corrected chi connectivity index (χ2v) is 12.8. The summed E-state index contributed by atoms with van der Waals surface area (Å²) in [5.41, 5.74) is -0.0887. The first-order valence-corrected chi connectivity index (χ1v) is 11.0. The van der Waals surface area contributed by atoms with Crippen LogP contribution in [0.25, 0.3) is 0 Å². The Hall–Kier alpha value is -1.33. The van der Waals surface area contributed by atoms with Crippen molar-refractivity contribution < 1.29 is 19.1 Å². The highest BCUT2D eigenvalue weighted by Gasteiger charge is 2.48. The summed E-state index contributed by atoms with van der Waals surface area (Å²) in [6.07, 6.45) is 0.838. The molecule has 0 heterocycles. The molecule has 0 radical (unpaired) electrons. The number of methoxy groups -OCH3 is 1. The van der Waals surface area contributed by atoms with E-state index in [2.05, 4.69) is 33.9 Å². The molecule has 1 aliphatic carbocycles. The van der Waals surface area contributed by atoms with Crippen LogP contribution in [-0.4, -0.2) is 26.5 Å². The maximum absolute atomic E-state index is 11.5. The molecule has 23 heavy (non-hydrogen) atoms. The normalized spacial score (nSPS) is 24.7. The van der Waals surface area contributed by atoms with Gasteiger partial charge in [0.2, 0.25) is 8.32 Å². The summed E-state index contributed by atoms with van der Waals surface area (Å²) in [5, 5.41) is 10.8. The molecule has 0 spiro atoms. The molecule has 128 valence electrons. The van der Waals surface area contributed by atoms with Gasteiger partial charge < -0.3 is 14.3 Å². The van der Waals surface area contributed by atoms with Gasteiger partial charge in [0, 0.05) is 0 Å². The number of aliphatic hydroxyl groups is 1. The van der Waals surface area contributed by atoms with Crippen LogP contribution in [0.2, 0.25) is 18.1 Å². The highest BCUT2D eigenvalue weighted by Crippen LogP contribution is 2.46. The van der Waals surface area contributed by atoms with Gasteiger partial charge in [-0.25, -0.2) is 0 Å². The third-order valence-corrected chi connectivity index (χ3v) is 9.63. The van der Waals surface area contributed by atoms with Crippen LogP contribution in [0.3, 0.4) is 0 Å². The Labute approximate surface area is 139 Å². The van der Waals surface area contributed by atoms with Crippen molar-refractivity contribution in [1.29, 1.82) is 0 Å². The van der Waals surface area contributed by atoms with Gasteiger partial charge in [-0.1, -0.05) is 32.9 Å². The molecule has 1 aromatic rings. The zero-order valence-electron chi connectivity index (χ0n) is 15.0. The Morgan fingerprint density at radius 3 is 2.17 bits per heavy atom. The fourth-order valence-electron chi connectivity index (χ4n) is 2.61. The molecule has 0 amide bonds. The highest BCUT2D eigenvalue weighted by atomic mass is 28.4. The maximum Gasteiger partial charge on any atom is 0.308 e. The highest BCUT2D eigenvalue weighted by molar-refractivity contribution is 6.74. The van der Waals surface area contributed by atoms with E-state index in [1.54, 1.807) is 0 Å². The predicted molar refractivity (Wildman–Crippen MR) is 92.9 cm³/mol. The minimum Gasteiger partial charge on any atom is -0.544 e. The Morgan fingerprint density at radius 2 is 1.74 bits per heavy atom. The van der Waals surface area contributed by atoms with E-state index >= 15 is 0 Å². The largest absolute Gasteiger partial charge is 0.544 e. The van der Waals surface area contributed by atoms with Crippen molar-refractivity contribution in [3.63, 3.8) is 0 Å². The van der Waals surface area contributed by atoms with Crippen LogP contribution in [0, 0.1) is 5.92 Å². The van der Waals surface area contributed by atoms with Crippen molar-refractivity contribution in [2.45, 2.75) is 57.3 Å². The molecule has 2 rings (SSSR count). The van der Waals surface area contributed by atoms with E-state index in [0.29, 0.717) is 12.8 Å². The minimum absolute atomic E-state index is 0.144. The standard InChI is InChI=1S/C18H28O4Si/c1-17(2,3)23(5,6)22-15-9-7-14(8-10-15)18(20)11-13(12-18)16(19)21-4/h7-10,13,20H,11-12H2,1-6H3. The van der Waals surface area contributed by atoms with Crippen molar-refractivity contribution in [2.75, 3.05) is 7.11 Å². The second-order valence-electron chi connectivity index (χ2n) is 8.05. The minimum atomic E-state index is -1.86. The molecular formula is C18H28O4Si. The lowest BCUT2D eigenvalue weighted by molar-refractivity contribution is -0.163. The summed E-state index contributed by atoms with van der Waals surface area (Å²) in [7, 11) is -0.476. The lowest BCUT2D eigenvalue weighted by Gasteiger charge is -2.42. The number of ether oxygens (including phenoxy) is 1. The van der Waals surface area contributed by atoms with E-state index in [4.69, 9.17) is 9.16 Å². The third-order valence-electron chi connectivity index (χ3n) is 5.27. The number of rotatable bonds is 4. The predicted octanol–water partition coefficient (Wildman–Crippen LogP) is 3.84. The second kappa shape index (κ2) is 5.95. The Bertz CT molecular complexity index is 566. The first kappa shape index (κ1) is 18.0. The van der Waals surface area contributed by atoms with Crippen LogP contribution in [0.4, 0.5) is 0 Å². The van der Waals surface area contributed by atoms with E-state index in [-0.39, 0.29) is 16.9 Å². The fourth-order valence-corrected chi connectivity index (χ4v) is 3.64. The van der Waals surface area contributed by atoms with Crippen molar-refractivity contribution in [2.24, 2.45) is 5.92 Å². The molecule has 1 fully saturated rings. The fraction of sp³-hybridized carbons (Fsp3) is 0.611. The van der Waals surface area contributed by atoms with Crippen molar-refractivity contribution in [3.05, 3.63) is 29.8 Å². The van der Waals surface area contributed by atoms with Crippen LogP contribution in [0.5, 0.6) is 5.75 Å². The summed E-state index contributed by atoms with van der Waals surface area (Å²) in [6.45, 7) is 11.0. The summed E-state index contributed by atoms with van der Waals surface area (Å²) in [6, 6.07) is 7.63. The van der Waals surface area contributed by atoms with Gasteiger partial charge in [-0.2, -0.15) is 0 Å². The quantitative estimate of drug-likeness (QED) is 0.670. The van der Waals surface area contributed by atoms with Crippen LogP contribution < -0.4 is 4.43 Å². The van der Waals surface area contributed by atoms with Gasteiger partial charge in [0.1, 0.15) is 5.75 Å². The molecular weight excluding hydrogens is 308 g/mol. The topological polar surface area (TPSA) is 55.8 Å². The van der Waals surface area contributed by atoms with Crippen molar-refractivity contribution in [1.82, 2.24) is 0 Å². The third kappa shape index (κ3) is 3.61. The molecule has 1 saturated carbocycles. The van der Waals surface area contributed by atoms with E-state index in [9.17, 15) is 9.90 Å². The molecule has 0 unspecified atom stereocenters. The number of hydrogen-bond acceptors (Lipinski definition) is 4. The van der Waals surface area contributed by atoms with Gasteiger partial charge in [-0.05, 0) is 48.7 Å². The molecule has 0 aliphatic heterocycles. The zero-order chi connectivity index (χ0) is 17.5. The number of carbonyl (C=O) groups excluding carboxylic acids is 1. The molecule has 0 atom stereocenters. The SMILES string of the molecule is COC(=O)C1CC(O)(c2ccc(O[Si](C)(C)C(C)(C)C)cc2)C1.